The maximum absolute atomic E-state index is 10.1. The highest BCUT2D eigenvalue weighted by molar-refractivity contribution is 7.85. The van der Waals surface area contributed by atoms with E-state index >= 15 is 0 Å². The normalized spacial score (nSPS) is 11.9. The summed E-state index contributed by atoms with van der Waals surface area (Å²) >= 11 is 0. The Labute approximate surface area is 100 Å². The van der Waals surface area contributed by atoms with Gasteiger partial charge in [-0.15, -0.1) is 0 Å². The molecule has 0 aromatic heterocycles. The van der Waals surface area contributed by atoms with Gasteiger partial charge in [0, 0.05) is 5.75 Å². The van der Waals surface area contributed by atoms with Gasteiger partial charge < -0.3 is 14.4 Å². The second kappa shape index (κ2) is 8.92. The van der Waals surface area contributed by atoms with E-state index < -0.39 is 10.1 Å². The standard InChI is InChI=1S/C6H15NO3S.C4H12N/c1-2-4-7-5-3-6-11(8,9)10;1-5(2,3)4/h7H,2-6H2,1H3,(H,8,9,10);1-4H3/q;+1/p-1. The van der Waals surface area contributed by atoms with Crippen LogP contribution in [-0.4, -0.2) is 64.5 Å². The lowest BCUT2D eigenvalue weighted by Crippen LogP contribution is -2.27. The van der Waals surface area contributed by atoms with Gasteiger partial charge in [-0.2, -0.15) is 0 Å². The summed E-state index contributed by atoms with van der Waals surface area (Å²) in [5.74, 6) is -0.260. The van der Waals surface area contributed by atoms with Crippen molar-refractivity contribution in [1.29, 1.82) is 0 Å². The van der Waals surface area contributed by atoms with Gasteiger partial charge >= 0.3 is 0 Å². The summed E-state index contributed by atoms with van der Waals surface area (Å²) in [5.41, 5.74) is 0. The molecule has 0 amide bonds. The fourth-order valence-electron chi connectivity index (χ4n) is 0.676. The van der Waals surface area contributed by atoms with Gasteiger partial charge in [0.1, 0.15) is 0 Å². The van der Waals surface area contributed by atoms with Gasteiger partial charge in [0.15, 0.2) is 0 Å². The molecule has 0 heterocycles. The van der Waals surface area contributed by atoms with Crippen LogP contribution >= 0.6 is 0 Å². The van der Waals surface area contributed by atoms with Gasteiger partial charge in [-0.1, -0.05) is 6.92 Å². The topological polar surface area (TPSA) is 69.2 Å². The molecule has 100 valence electrons. The van der Waals surface area contributed by atoms with Crippen molar-refractivity contribution >= 4 is 10.1 Å². The highest BCUT2D eigenvalue weighted by Gasteiger charge is 1.93. The lowest BCUT2D eigenvalue weighted by Gasteiger charge is -2.14. The Morgan fingerprint density at radius 2 is 1.56 bits per heavy atom. The van der Waals surface area contributed by atoms with Crippen molar-refractivity contribution in [2.75, 3.05) is 47.0 Å². The zero-order chi connectivity index (χ0) is 13.2. The van der Waals surface area contributed by atoms with Gasteiger partial charge in [0.2, 0.25) is 0 Å². The van der Waals surface area contributed by atoms with Crippen LogP contribution in [0.1, 0.15) is 19.8 Å². The van der Waals surface area contributed by atoms with Crippen LogP contribution in [0.15, 0.2) is 0 Å². The molecule has 0 saturated carbocycles. The second-order valence-electron chi connectivity index (χ2n) is 5.05. The summed E-state index contributed by atoms with van der Waals surface area (Å²) in [6.45, 7) is 3.51. The van der Waals surface area contributed by atoms with E-state index in [4.69, 9.17) is 0 Å². The van der Waals surface area contributed by atoms with Crippen LogP contribution in [0.5, 0.6) is 0 Å². The third-order valence-electron chi connectivity index (χ3n) is 1.17. The Balaban J connectivity index is 0. The Morgan fingerprint density at radius 3 is 1.88 bits per heavy atom. The monoisotopic (exact) mass is 254 g/mol. The van der Waals surface area contributed by atoms with E-state index in [1.807, 2.05) is 6.92 Å². The van der Waals surface area contributed by atoms with E-state index in [9.17, 15) is 13.0 Å². The quantitative estimate of drug-likeness (QED) is 0.419. The van der Waals surface area contributed by atoms with Crippen LogP contribution in [0.2, 0.25) is 0 Å². The smallest absolute Gasteiger partial charge is 0.0946 e. The summed E-state index contributed by atoms with van der Waals surface area (Å²) in [4.78, 5) is 0. The number of nitrogens with one attached hydrogen (secondary N) is 1. The Hall–Kier alpha value is -0.170. The van der Waals surface area contributed by atoms with Crippen LogP contribution < -0.4 is 5.32 Å². The molecule has 0 saturated heterocycles. The molecule has 0 aliphatic carbocycles. The van der Waals surface area contributed by atoms with Crippen LogP contribution in [0, 0.1) is 0 Å². The summed E-state index contributed by atoms with van der Waals surface area (Å²) in [7, 11) is 4.50. The molecule has 0 rings (SSSR count). The number of hydrogen-bond acceptors (Lipinski definition) is 4. The predicted octanol–water partition coefficient (Wildman–Crippen LogP) is 0.244. The average Bonchev–Trinajstić information content (AvgIpc) is 1.98. The number of quaternary nitrogens is 1. The lowest BCUT2D eigenvalue weighted by atomic mass is 10.4. The first kappa shape index (κ1) is 18.2. The molecular weight excluding hydrogens is 228 g/mol. The second-order valence-corrected chi connectivity index (χ2v) is 6.57. The van der Waals surface area contributed by atoms with Crippen molar-refractivity contribution in [3.63, 3.8) is 0 Å². The van der Waals surface area contributed by atoms with Crippen molar-refractivity contribution in [1.82, 2.24) is 5.32 Å². The molecule has 0 spiro atoms. The van der Waals surface area contributed by atoms with Crippen LogP contribution in [-0.2, 0) is 10.1 Å². The molecule has 0 aromatic carbocycles. The largest absolute Gasteiger partial charge is 0.748 e. The minimum atomic E-state index is -4.00. The van der Waals surface area contributed by atoms with Gasteiger partial charge in [-0.3, -0.25) is 0 Å². The molecule has 1 N–H and O–H groups in total. The fraction of sp³-hybridized carbons (Fsp3) is 1.00. The maximum atomic E-state index is 10.1. The molecule has 6 heteroatoms. The number of hydrogen-bond donors (Lipinski definition) is 1. The van der Waals surface area contributed by atoms with Crippen molar-refractivity contribution < 1.29 is 17.5 Å². The van der Waals surface area contributed by atoms with E-state index in [0.717, 1.165) is 17.4 Å². The Morgan fingerprint density at radius 1 is 1.12 bits per heavy atom. The summed E-state index contributed by atoms with van der Waals surface area (Å²) in [6, 6.07) is 0. The lowest BCUT2D eigenvalue weighted by molar-refractivity contribution is -0.849. The zero-order valence-corrected chi connectivity index (χ0v) is 11.9. The van der Waals surface area contributed by atoms with Gasteiger partial charge in [-0.25, -0.2) is 8.42 Å². The average molecular weight is 254 g/mol. The van der Waals surface area contributed by atoms with E-state index in [-0.39, 0.29) is 5.75 Å². The molecule has 0 fully saturated rings. The van der Waals surface area contributed by atoms with Gasteiger partial charge in [0.05, 0.1) is 38.3 Å². The van der Waals surface area contributed by atoms with Crippen LogP contribution in [0.3, 0.4) is 0 Å². The molecule has 0 atom stereocenters. The highest BCUT2D eigenvalue weighted by Crippen LogP contribution is 1.85. The molecular formula is C10H26N2O3S. The molecule has 0 aromatic rings. The van der Waals surface area contributed by atoms with E-state index in [1.54, 1.807) is 0 Å². The SMILES string of the molecule is CCCNCCCS(=O)(=O)[O-].C[N+](C)(C)C. The van der Waals surface area contributed by atoms with Crippen molar-refractivity contribution in [2.24, 2.45) is 0 Å². The number of nitrogens with zero attached hydrogens (tertiary/aromatic N) is 1. The minimum absolute atomic E-state index is 0.260. The first-order chi connectivity index (χ1) is 7.06. The van der Waals surface area contributed by atoms with Crippen LogP contribution in [0.4, 0.5) is 0 Å². The van der Waals surface area contributed by atoms with Crippen molar-refractivity contribution in [3.05, 3.63) is 0 Å². The van der Waals surface area contributed by atoms with Crippen molar-refractivity contribution in [3.8, 4) is 0 Å². The van der Waals surface area contributed by atoms with Crippen molar-refractivity contribution in [2.45, 2.75) is 19.8 Å². The summed E-state index contributed by atoms with van der Waals surface area (Å²) < 4.78 is 31.2. The summed E-state index contributed by atoms with van der Waals surface area (Å²) in [6.07, 6.45) is 1.43. The highest BCUT2D eigenvalue weighted by atomic mass is 32.2. The number of rotatable bonds is 6. The first-order valence-electron chi connectivity index (χ1n) is 5.49. The maximum Gasteiger partial charge on any atom is 0.0946 e. The van der Waals surface area contributed by atoms with Gasteiger partial charge in [0.25, 0.3) is 0 Å². The first-order valence-corrected chi connectivity index (χ1v) is 7.07. The van der Waals surface area contributed by atoms with Crippen LogP contribution in [0.25, 0.3) is 0 Å². The molecule has 0 unspecified atom stereocenters. The molecule has 0 bridgehead atoms. The Bertz CT molecular complexity index is 239. The van der Waals surface area contributed by atoms with E-state index in [1.165, 1.54) is 0 Å². The van der Waals surface area contributed by atoms with E-state index in [2.05, 4.69) is 33.5 Å². The third-order valence-corrected chi connectivity index (χ3v) is 1.96. The zero-order valence-electron chi connectivity index (χ0n) is 11.1. The molecule has 0 aliphatic rings. The molecule has 0 aliphatic heterocycles. The fourth-order valence-corrected chi connectivity index (χ4v) is 1.17. The summed E-state index contributed by atoms with van der Waals surface area (Å²) in [5, 5.41) is 3.00. The molecule has 5 nitrogen and oxygen atoms in total. The predicted molar refractivity (Wildman–Crippen MR) is 66.3 cm³/mol. The molecule has 16 heavy (non-hydrogen) atoms. The minimum Gasteiger partial charge on any atom is -0.748 e. The Kier molecular flexibility index (Phi) is 10.2. The molecule has 0 radical (unpaired) electrons. The van der Waals surface area contributed by atoms with Gasteiger partial charge in [-0.05, 0) is 25.9 Å². The van der Waals surface area contributed by atoms with E-state index in [0.29, 0.717) is 13.0 Å². The third kappa shape index (κ3) is 37.1.